The number of nitrogens with zero attached hydrogens (tertiary/aromatic N) is 3. The highest BCUT2D eigenvalue weighted by Crippen LogP contribution is 2.22. The predicted molar refractivity (Wildman–Crippen MR) is 69.0 cm³/mol. The van der Waals surface area contributed by atoms with E-state index in [1.54, 1.807) is 0 Å². The molecular weight excluding hydrogens is 273 g/mol. The Bertz CT molecular complexity index is 634. The van der Waals surface area contributed by atoms with Crippen molar-refractivity contribution in [2.75, 3.05) is 5.73 Å². The Balaban J connectivity index is 2.44. The van der Waals surface area contributed by atoms with Crippen molar-refractivity contribution in [2.45, 2.75) is 0 Å². The van der Waals surface area contributed by atoms with Crippen molar-refractivity contribution < 1.29 is 9.60 Å². The second-order valence-electron chi connectivity index (χ2n) is 3.46. The molecule has 2 rings (SSSR count). The van der Waals surface area contributed by atoms with Crippen molar-refractivity contribution in [2.24, 2.45) is 4.99 Å². The fraction of sp³-hybridized carbons (Fsp3) is 0. The molecule has 98 valence electrons. The maximum Gasteiger partial charge on any atom is 0.180 e. The quantitative estimate of drug-likeness (QED) is 0.444. The van der Waals surface area contributed by atoms with Crippen LogP contribution in [0.25, 0.3) is 0 Å². The molecule has 0 fully saturated rings. The number of hydrogen-bond acceptors (Lipinski definition) is 5. The Kier molecular flexibility index (Phi) is 3.88. The lowest BCUT2D eigenvalue weighted by Gasteiger charge is -2.06. The molecule has 0 bridgehead atoms. The summed E-state index contributed by atoms with van der Waals surface area (Å²) in [5.74, 6) is -0.484. The van der Waals surface area contributed by atoms with Gasteiger partial charge < -0.3 is 5.73 Å². The van der Waals surface area contributed by atoms with E-state index in [1.807, 2.05) is 5.48 Å². The van der Waals surface area contributed by atoms with Gasteiger partial charge in [0.25, 0.3) is 0 Å². The number of hydroxylamine groups is 1. The van der Waals surface area contributed by atoms with Gasteiger partial charge in [0.15, 0.2) is 11.7 Å². The Morgan fingerprint density at radius 3 is 2.74 bits per heavy atom. The Labute approximate surface area is 112 Å². The van der Waals surface area contributed by atoms with Crippen molar-refractivity contribution >= 4 is 28.9 Å². The first-order valence-electron chi connectivity index (χ1n) is 5.12. The van der Waals surface area contributed by atoms with Crippen molar-refractivity contribution in [3.8, 4) is 0 Å². The van der Waals surface area contributed by atoms with Gasteiger partial charge in [-0.1, -0.05) is 11.6 Å². The third-order valence-corrected chi connectivity index (χ3v) is 2.49. The minimum absolute atomic E-state index is 0.0201. The van der Waals surface area contributed by atoms with Gasteiger partial charge in [0.1, 0.15) is 11.5 Å². The number of rotatable bonds is 2. The van der Waals surface area contributed by atoms with Crippen LogP contribution in [0.2, 0.25) is 5.02 Å². The predicted octanol–water partition coefficient (Wildman–Crippen LogP) is 1.91. The van der Waals surface area contributed by atoms with Gasteiger partial charge in [0.2, 0.25) is 0 Å². The molecule has 0 aliphatic carbocycles. The fourth-order valence-electron chi connectivity index (χ4n) is 1.35. The minimum Gasteiger partial charge on any atom is -0.382 e. The van der Waals surface area contributed by atoms with E-state index >= 15 is 0 Å². The third-order valence-electron chi connectivity index (χ3n) is 2.20. The van der Waals surface area contributed by atoms with Gasteiger partial charge in [-0.2, -0.15) is 0 Å². The van der Waals surface area contributed by atoms with E-state index in [-0.39, 0.29) is 22.4 Å². The summed E-state index contributed by atoms with van der Waals surface area (Å²) < 4.78 is 13.0. The number of nitrogens with two attached hydrogens (primary N) is 1. The molecule has 0 saturated heterocycles. The summed E-state index contributed by atoms with van der Waals surface area (Å²) >= 11 is 5.64. The molecule has 0 spiro atoms. The number of nitrogens with one attached hydrogen (secondary N) is 1. The number of halogens is 2. The summed E-state index contributed by atoms with van der Waals surface area (Å²) in [6, 6.07) is 3.86. The molecule has 0 atom stereocenters. The summed E-state index contributed by atoms with van der Waals surface area (Å²) in [4.78, 5) is 11.8. The van der Waals surface area contributed by atoms with Crippen LogP contribution in [0.5, 0.6) is 0 Å². The smallest absolute Gasteiger partial charge is 0.180 e. The maximum atomic E-state index is 13.0. The summed E-state index contributed by atoms with van der Waals surface area (Å²) in [5.41, 5.74) is 7.98. The molecule has 4 N–H and O–H groups in total. The Morgan fingerprint density at radius 2 is 2.11 bits per heavy atom. The van der Waals surface area contributed by atoms with Crippen LogP contribution in [0.3, 0.4) is 0 Å². The zero-order chi connectivity index (χ0) is 13.8. The largest absolute Gasteiger partial charge is 0.382 e. The van der Waals surface area contributed by atoms with Crippen molar-refractivity contribution in [1.82, 2.24) is 15.4 Å². The van der Waals surface area contributed by atoms with E-state index in [4.69, 9.17) is 22.5 Å². The number of hydrogen-bond donors (Lipinski definition) is 3. The number of benzene rings is 1. The summed E-state index contributed by atoms with van der Waals surface area (Å²) in [6.07, 6.45) is 2.80. The first-order chi connectivity index (χ1) is 9.11. The van der Waals surface area contributed by atoms with Gasteiger partial charge in [0, 0.05) is 12.4 Å². The van der Waals surface area contributed by atoms with Crippen LogP contribution in [0.15, 0.2) is 35.6 Å². The Hall–Kier alpha value is -2.25. The van der Waals surface area contributed by atoms with Crippen LogP contribution in [-0.2, 0) is 0 Å². The first-order valence-corrected chi connectivity index (χ1v) is 5.50. The van der Waals surface area contributed by atoms with E-state index in [0.717, 1.165) is 6.07 Å². The maximum absolute atomic E-state index is 13.0. The number of amidine groups is 1. The minimum atomic E-state index is -0.557. The third kappa shape index (κ3) is 2.95. The molecule has 6 nitrogen and oxygen atoms in total. The van der Waals surface area contributed by atoms with Crippen molar-refractivity contribution in [3.05, 3.63) is 47.1 Å². The zero-order valence-corrected chi connectivity index (χ0v) is 10.3. The molecule has 0 aliphatic rings. The standard InChI is InChI=1S/C11H9ClFN5O/c12-7-5-6(1-2-8(7)13)17-11(18-19)9-10(14)16-4-3-15-9/h1-5,19H,(H2,14,16)(H,17,18). The average Bonchev–Trinajstić information content (AvgIpc) is 2.41. The van der Waals surface area contributed by atoms with Crippen LogP contribution >= 0.6 is 11.6 Å². The second kappa shape index (κ2) is 5.59. The highest BCUT2D eigenvalue weighted by Gasteiger charge is 2.10. The van der Waals surface area contributed by atoms with Gasteiger partial charge in [-0.05, 0) is 18.2 Å². The molecule has 1 heterocycles. The average molecular weight is 282 g/mol. The molecule has 0 saturated carbocycles. The SMILES string of the molecule is Nc1nccnc1C(=Nc1ccc(F)c(Cl)c1)NO. The molecular formula is C11H9ClFN5O. The van der Waals surface area contributed by atoms with Crippen LogP contribution in [-0.4, -0.2) is 21.0 Å². The van der Waals surface area contributed by atoms with Crippen LogP contribution in [0.4, 0.5) is 15.9 Å². The lowest BCUT2D eigenvalue weighted by molar-refractivity contribution is 0.235. The molecule has 8 heteroatoms. The van der Waals surface area contributed by atoms with Crippen LogP contribution in [0, 0.1) is 5.82 Å². The highest BCUT2D eigenvalue weighted by atomic mass is 35.5. The summed E-state index contributed by atoms with van der Waals surface area (Å²) in [5, 5.41) is 9.00. The summed E-state index contributed by atoms with van der Waals surface area (Å²) in [7, 11) is 0. The summed E-state index contributed by atoms with van der Waals surface area (Å²) in [6.45, 7) is 0. The van der Waals surface area contributed by atoms with Gasteiger partial charge in [-0.25, -0.2) is 19.4 Å². The molecule has 0 aliphatic heterocycles. The molecule has 1 aromatic heterocycles. The molecule has 19 heavy (non-hydrogen) atoms. The van der Waals surface area contributed by atoms with E-state index in [0.29, 0.717) is 5.69 Å². The van der Waals surface area contributed by atoms with Gasteiger partial charge in [-0.15, -0.1) is 0 Å². The van der Waals surface area contributed by atoms with Crippen LogP contribution in [0.1, 0.15) is 5.69 Å². The van der Waals surface area contributed by atoms with E-state index in [2.05, 4.69) is 15.0 Å². The highest BCUT2D eigenvalue weighted by molar-refractivity contribution is 6.31. The van der Waals surface area contributed by atoms with Crippen molar-refractivity contribution in [3.63, 3.8) is 0 Å². The number of nitrogen functional groups attached to an aromatic ring is 1. The molecule has 2 aromatic rings. The van der Waals surface area contributed by atoms with E-state index in [9.17, 15) is 4.39 Å². The fourth-order valence-corrected chi connectivity index (χ4v) is 1.52. The molecule has 0 amide bonds. The second-order valence-corrected chi connectivity index (χ2v) is 3.87. The van der Waals surface area contributed by atoms with Gasteiger partial charge >= 0.3 is 0 Å². The lowest BCUT2D eigenvalue weighted by Crippen LogP contribution is -2.23. The zero-order valence-electron chi connectivity index (χ0n) is 9.51. The molecule has 0 unspecified atom stereocenters. The van der Waals surface area contributed by atoms with Crippen molar-refractivity contribution in [1.29, 1.82) is 0 Å². The first kappa shape index (κ1) is 13.2. The Morgan fingerprint density at radius 1 is 1.37 bits per heavy atom. The van der Waals surface area contributed by atoms with E-state index in [1.165, 1.54) is 24.5 Å². The van der Waals surface area contributed by atoms with Crippen LogP contribution < -0.4 is 11.2 Å². The number of anilines is 1. The molecule has 1 aromatic carbocycles. The van der Waals surface area contributed by atoms with Gasteiger partial charge in [0.05, 0.1) is 10.7 Å². The number of aliphatic imine (C=N–C) groups is 1. The molecule has 0 radical (unpaired) electrons. The lowest BCUT2D eigenvalue weighted by atomic mass is 10.3. The topological polar surface area (TPSA) is 96.4 Å². The monoisotopic (exact) mass is 281 g/mol. The number of aromatic nitrogens is 2. The van der Waals surface area contributed by atoms with Gasteiger partial charge in [-0.3, -0.25) is 10.7 Å². The normalized spacial score (nSPS) is 11.4. The van der Waals surface area contributed by atoms with E-state index < -0.39 is 5.82 Å².